The summed E-state index contributed by atoms with van der Waals surface area (Å²) in [6.07, 6.45) is 5.38. The predicted octanol–water partition coefficient (Wildman–Crippen LogP) is 4.59. The first kappa shape index (κ1) is 13.6. The molecule has 2 unspecified atom stereocenters. The molecular formula is C14H19Br2N. The van der Waals surface area contributed by atoms with Crippen molar-refractivity contribution in [2.24, 2.45) is 0 Å². The van der Waals surface area contributed by atoms with Gasteiger partial charge in [0.05, 0.1) is 0 Å². The van der Waals surface area contributed by atoms with Gasteiger partial charge in [-0.1, -0.05) is 56.8 Å². The molecule has 1 aromatic carbocycles. The quantitative estimate of drug-likeness (QED) is 0.712. The smallest absolute Gasteiger partial charge is 0.0301 e. The fourth-order valence-electron chi connectivity index (χ4n) is 2.56. The van der Waals surface area contributed by atoms with E-state index in [1.807, 2.05) is 0 Å². The van der Waals surface area contributed by atoms with Gasteiger partial charge in [0.2, 0.25) is 0 Å². The van der Waals surface area contributed by atoms with Crippen LogP contribution < -0.4 is 0 Å². The molecule has 0 spiro atoms. The highest BCUT2D eigenvalue weighted by Gasteiger charge is 2.25. The summed E-state index contributed by atoms with van der Waals surface area (Å²) in [6.45, 7) is 1.04. The average Bonchev–Trinajstić information content (AvgIpc) is 2.32. The maximum Gasteiger partial charge on any atom is 0.0301 e. The van der Waals surface area contributed by atoms with E-state index in [4.69, 9.17) is 0 Å². The second kappa shape index (κ2) is 6.35. The SMILES string of the molecule is CN(Cc1ccc(Br)cc1)C1CCCCC1Br. The third-order valence-corrected chi connectivity index (χ3v) is 5.16. The number of hydrogen-bond donors (Lipinski definition) is 0. The van der Waals surface area contributed by atoms with E-state index in [2.05, 4.69) is 68.1 Å². The second-order valence-corrected chi connectivity index (χ2v) is 7.00. The van der Waals surface area contributed by atoms with E-state index in [9.17, 15) is 0 Å². The third-order valence-electron chi connectivity index (χ3n) is 3.56. The van der Waals surface area contributed by atoms with Crippen LogP contribution in [0.5, 0.6) is 0 Å². The Hall–Kier alpha value is 0.140. The minimum atomic E-state index is 0.664. The van der Waals surface area contributed by atoms with Gasteiger partial charge >= 0.3 is 0 Å². The van der Waals surface area contributed by atoms with Crippen LogP contribution in [-0.4, -0.2) is 22.8 Å². The van der Waals surface area contributed by atoms with Crippen LogP contribution in [-0.2, 0) is 6.54 Å². The van der Waals surface area contributed by atoms with Crippen molar-refractivity contribution < 1.29 is 0 Å². The van der Waals surface area contributed by atoms with Crippen LogP contribution in [0, 0.1) is 0 Å². The van der Waals surface area contributed by atoms with E-state index in [1.54, 1.807) is 0 Å². The van der Waals surface area contributed by atoms with Crippen molar-refractivity contribution in [3.8, 4) is 0 Å². The molecule has 0 heterocycles. The van der Waals surface area contributed by atoms with Gasteiger partial charge in [0.1, 0.15) is 0 Å². The first-order valence-corrected chi connectivity index (χ1v) is 7.96. The molecule has 94 valence electrons. The lowest BCUT2D eigenvalue weighted by molar-refractivity contribution is 0.193. The Kier molecular flexibility index (Phi) is 5.07. The van der Waals surface area contributed by atoms with Gasteiger partial charge in [0.15, 0.2) is 0 Å². The lowest BCUT2D eigenvalue weighted by Gasteiger charge is -2.35. The first-order chi connectivity index (χ1) is 8.16. The summed E-state index contributed by atoms with van der Waals surface area (Å²) in [5.74, 6) is 0. The highest BCUT2D eigenvalue weighted by molar-refractivity contribution is 9.10. The maximum atomic E-state index is 3.83. The molecule has 1 fully saturated rings. The van der Waals surface area contributed by atoms with Crippen LogP contribution >= 0.6 is 31.9 Å². The molecule has 2 rings (SSSR count). The van der Waals surface area contributed by atoms with Crippen molar-refractivity contribution in [2.75, 3.05) is 7.05 Å². The van der Waals surface area contributed by atoms with Gasteiger partial charge in [-0.3, -0.25) is 4.90 Å². The summed E-state index contributed by atoms with van der Waals surface area (Å²) in [5.41, 5.74) is 1.39. The molecule has 0 N–H and O–H groups in total. The van der Waals surface area contributed by atoms with Crippen molar-refractivity contribution in [1.82, 2.24) is 4.90 Å². The number of halogens is 2. The molecule has 17 heavy (non-hydrogen) atoms. The lowest BCUT2D eigenvalue weighted by atomic mass is 9.94. The van der Waals surface area contributed by atoms with Crippen LogP contribution in [0.15, 0.2) is 28.7 Å². The Morgan fingerprint density at radius 3 is 2.47 bits per heavy atom. The fraction of sp³-hybridized carbons (Fsp3) is 0.571. The zero-order valence-corrected chi connectivity index (χ0v) is 13.4. The zero-order valence-electron chi connectivity index (χ0n) is 10.2. The lowest BCUT2D eigenvalue weighted by Crippen LogP contribution is -2.40. The maximum absolute atomic E-state index is 3.83. The van der Waals surface area contributed by atoms with Gasteiger partial charge in [-0.25, -0.2) is 0 Å². The second-order valence-electron chi connectivity index (χ2n) is 4.91. The molecule has 2 atom stereocenters. The molecule has 3 heteroatoms. The van der Waals surface area contributed by atoms with Crippen LogP contribution in [0.4, 0.5) is 0 Å². The van der Waals surface area contributed by atoms with Crippen molar-refractivity contribution >= 4 is 31.9 Å². The predicted molar refractivity (Wildman–Crippen MR) is 80.6 cm³/mol. The van der Waals surface area contributed by atoms with E-state index >= 15 is 0 Å². The Morgan fingerprint density at radius 2 is 1.82 bits per heavy atom. The van der Waals surface area contributed by atoms with Gasteiger partial charge in [-0.05, 0) is 37.6 Å². The minimum absolute atomic E-state index is 0.664. The third kappa shape index (κ3) is 3.80. The molecular weight excluding hydrogens is 342 g/mol. The Bertz CT molecular complexity index is 350. The monoisotopic (exact) mass is 359 g/mol. The molecule has 1 nitrogen and oxygen atoms in total. The standard InChI is InChI=1S/C14H19Br2N/c1-17(14-5-3-2-4-13(14)16)10-11-6-8-12(15)9-7-11/h6-9,13-14H,2-5,10H2,1H3. The van der Waals surface area contributed by atoms with E-state index in [0.29, 0.717) is 10.9 Å². The van der Waals surface area contributed by atoms with E-state index in [0.717, 1.165) is 11.0 Å². The first-order valence-electron chi connectivity index (χ1n) is 6.25. The molecule has 0 aromatic heterocycles. The molecule has 0 bridgehead atoms. The van der Waals surface area contributed by atoms with E-state index in [-0.39, 0.29) is 0 Å². The summed E-state index contributed by atoms with van der Waals surface area (Å²) in [4.78, 5) is 3.15. The van der Waals surface area contributed by atoms with Gasteiger partial charge in [-0.15, -0.1) is 0 Å². The van der Waals surface area contributed by atoms with Crippen molar-refractivity contribution in [1.29, 1.82) is 0 Å². The number of nitrogens with zero attached hydrogens (tertiary/aromatic N) is 1. The van der Waals surface area contributed by atoms with Crippen molar-refractivity contribution in [2.45, 2.75) is 43.1 Å². The average molecular weight is 361 g/mol. The highest BCUT2D eigenvalue weighted by Crippen LogP contribution is 2.28. The summed E-state index contributed by atoms with van der Waals surface area (Å²) in [7, 11) is 2.24. The molecule has 1 aromatic rings. The van der Waals surface area contributed by atoms with E-state index < -0.39 is 0 Å². The number of alkyl halides is 1. The molecule has 1 aliphatic rings. The number of rotatable bonds is 3. The van der Waals surface area contributed by atoms with Crippen LogP contribution in [0.2, 0.25) is 0 Å². The summed E-state index contributed by atoms with van der Waals surface area (Å²) in [5, 5.41) is 0. The zero-order chi connectivity index (χ0) is 12.3. The van der Waals surface area contributed by atoms with Gasteiger partial charge in [0, 0.05) is 21.9 Å². The van der Waals surface area contributed by atoms with Crippen molar-refractivity contribution in [3.63, 3.8) is 0 Å². The molecule has 0 aliphatic heterocycles. The molecule has 1 aliphatic carbocycles. The topological polar surface area (TPSA) is 3.24 Å². The number of benzene rings is 1. The molecule has 0 saturated heterocycles. The normalized spacial score (nSPS) is 25.2. The Labute approximate surface area is 121 Å². The Morgan fingerprint density at radius 1 is 1.18 bits per heavy atom. The van der Waals surface area contributed by atoms with Crippen LogP contribution in [0.3, 0.4) is 0 Å². The summed E-state index contributed by atoms with van der Waals surface area (Å²) >= 11 is 7.31. The van der Waals surface area contributed by atoms with Gasteiger partial charge in [-0.2, -0.15) is 0 Å². The highest BCUT2D eigenvalue weighted by atomic mass is 79.9. The fourth-order valence-corrected chi connectivity index (χ4v) is 3.81. The number of hydrogen-bond acceptors (Lipinski definition) is 1. The van der Waals surface area contributed by atoms with Gasteiger partial charge in [0.25, 0.3) is 0 Å². The van der Waals surface area contributed by atoms with Gasteiger partial charge < -0.3 is 0 Å². The summed E-state index contributed by atoms with van der Waals surface area (Å²) < 4.78 is 1.15. The largest absolute Gasteiger partial charge is 0.298 e. The Balaban J connectivity index is 1.95. The van der Waals surface area contributed by atoms with Crippen LogP contribution in [0.1, 0.15) is 31.2 Å². The summed E-state index contributed by atoms with van der Waals surface area (Å²) in [6, 6.07) is 9.33. The molecule has 0 amide bonds. The minimum Gasteiger partial charge on any atom is -0.298 e. The molecule has 1 saturated carbocycles. The van der Waals surface area contributed by atoms with E-state index in [1.165, 1.54) is 31.2 Å². The van der Waals surface area contributed by atoms with Crippen LogP contribution in [0.25, 0.3) is 0 Å². The van der Waals surface area contributed by atoms with Crippen molar-refractivity contribution in [3.05, 3.63) is 34.3 Å². The molecule has 0 radical (unpaired) electrons.